The van der Waals surface area contributed by atoms with Crippen molar-refractivity contribution in [1.29, 1.82) is 0 Å². The molecule has 0 radical (unpaired) electrons. The molecule has 3 N–H and O–H groups in total. The van der Waals surface area contributed by atoms with E-state index in [4.69, 9.17) is 9.84 Å². The van der Waals surface area contributed by atoms with Crippen molar-refractivity contribution in [1.82, 2.24) is 5.32 Å². The van der Waals surface area contributed by atoms with Crippen molar-refractivity contribution in [3.05, 3.63) is 0 Å². The summed E-state index contributed by atoms with van der Waals surface area (Å²) in [5.74, 6) is -1.65. The van der Waals surface area contributed by atoms with Crippen LogP contribution in [-0.2, 0) is 14.3 Å². The third-order valence-corrected chi connectivity index (χ3v) is 3.25. The Hall–Kier alpha value is -1.14. The van der Waals surface area contributed by atoms with Crippen LogP contribution >= 0.6 is 0 Å². The van der Waals surface area contributed by atoms with E-state index in [1.165, 1.54) is 6.92 Å². The Kier molecular flexibility index (Phi) is 4.47. The Labute approximate surface area is 100.0 Å². The molecule has 0 aromatic rings. The minimum Gasteiger partial charge on any atom is -0.480 e. The summed E-state index contributed by atoms with van der Waals surface area (Å²) in [5.41, 5.74) is -0.439. The highest BCUT2D eigenvalue weighted by atomic mass is 16.5. The summed E-state index contributed by atoms with van der Waals surface area (Å²) in [7, 11) is 1.55. The van der Waals surface area contributed by atoms with Gasteiger partial charge >= 0.3 is 5.97 Å². The fourth-order valence-corrected chi connectivity index (χ4v) is 1.93. The van der Waals surface area contributed by atoms with Crippen LogP contribution in [0.15, 0.2) is 0 Å². The minimum atomic E-state index is -1.27. The van der Waals surface area contributed by atoms with Crippen molar-refractivity contribution in [2.24, 2.45) is 0 Å². The fraction of sp³-hybridized carbons (Fsp3) is 0.818. The van der Waals surface area contributed by atoms with Gasteiger partial charge in [-0.1, -0.05) is 0 Å². The lowest BCUT2D eigenvalue weighted by atomic mass is 9.77. The lowest BCUT2D eigenvalue weighted by Crippen LogP contribution is -2.51. The molecule has 2 unspecified atom stereocenters. The van der Waals surface area contributed by atoms with Gasteiger partial charge in [0.2, 0.25) is 5.91 Å². The standard InChI is InChI=1S/C11H19NO5/c1-7(13)9(10(15)16)12-8(14)6-11(17-2)4-3-5-11/h7,9,13H,3-6H2,1-2H3,(H,12,14)(H,15,16). The monoisotopic (exact) mass is 245 g/mol. The molecule has 1 rings (SSSR count). The summed E-state index contributed by atoms with van der Waals surface area (Å²) in [4.78, 5) is 22.5. The summed E-state index contributed by atoms with van der Waals surface area (Å²) in [5, 5.41) is 20.4. The SMILES string of the molecule is COC1(CC(=O)NC(C(=O)O)C(C)O)CCC1. The number of rotatable bonds is 6. The van der Waals surface area contributed by atoms with Crippen LogP contribution < -0.4 is 5.32 Å². The van der Waals surface area contributed by atoms with Gasteiger partial charge in [0.1, 0.15) is 0 Å². The zero-order chi connectivity index (χ0) is 13.1. The van der Waals surface area contributed by atoms with E-state index in [1.807, 2.05) is 0 Å². The fourth-order valence-electron chi connectivity index (χ4n) is 1.93. The normalized spacial score (nSPS) is 21.1. The molecule has 17 heavy (non-hydrogen) atoms. The van der Waals surface area contributed by atoms with E-state index in [9.17, 15) is 14.7 Å². The molecule has 1 aliphatic rings. The summed E-state index contributed by atoms with van der Waals surface area (Å²) in [6.45, 7) is 1.33. The largest absolute Gasteiger partial charge is 0.480 e. The zero-order valence-electron chi connectivity index (χ0n) is 10.1. The quantitative estimate of drug-likeness (QED) is 0.607. The van der Waals surface area contributed by atoms with Gasteiger partial charge in [-0.3, -0.25) is 4.79 Å². The number of carboxylic acid groups (broad SMARTS) is 1. The highest BCUT2D eigenvalue weighted by Crippen LogP contribution is 2.37. The summed E-state index contributed by atoms with van der Waals surface area (Å²) in [6, 6.07) is -1.27. The third-order valence-electron chi connectivity index (χ3n) is 3.25. The van der Waals surface area contributed by atoms with E-state index in [1.54, 1.807) is 7.11 Å². The number of carboxylic acids is 1. The first-order valence-corrected chi connectivity index (χ1v) is 5.65. The number of aliphatic hydroxyl groups excluding tert-OH is 1. The Bertz CT molecular complexity index is 293. The highest BCUT2D eigenvalue weighted by Gasteiger charge is 2.39. The molecule has 0 heterocycles. The van der Waals surface area contributed by atoms with E-state index in [0.29, 0.717) is 0 Å². The second-order valence-electron chi connectivity index (χ2n) is 4.54. The van der Waals surface area contributed by atoms with Crippen LogP contribution in [0.5, 0.6) is 0 Å². The zero-order valence-corrected chi connectivity index (χ0v) is 10.1. The van der Waals surface area contributed by atoms with E-state index in [2.05, 4.69) is 5.32 Å². The average molecular weight is 245 g/mol. The van der Waals surface area contributed by atoms with E-state index in [-0.39, 0.29) is 6.42 Å². The molecule has 0 bridgehead atoms. The molecule has 1 aliphatic carbocycles. The maximum atomic E-state index is 11.7. The molecule has 0 aromatic heterocycles. The maximum Gasteiger partial charge on any atom is 0.328 e. The molecule has 0 aliphatic heterocycles. The van der Waals surface area contributed by atoms with Gasteiger partial charge in [-0.05, 0) is 26.2 Å². The molecule has 1 amide bonds. The predicted octanol–water partition coefficient (Wildman–Crippen LogP) is -0.104. The molecule has 2 atom stereocenters. The number of amides is 1. The van der Waals surface area contributed by atoms with Crippen LogP contribution in [0.4, 0.5) is 0 Å². The van der Waals surface area contributed by atoms with Crippen molar-refractivity contribution >= 4 is 11.9 Å². The van der Waals surface area contributed by atoms with Gasteiger partial charge in [0, 0.05) is 7.11 Å². The summed E-state index contributed by atoms with van der Waals surface area (Å²) >= 11 is 0. The molecular weight excluding hydrogens is 226 g/mol. The van der Waals surface area contributed by atoms with Gasteiger partial charge in [0.25, 0.3) is 0 Å². The van der Waals surface area contributed by atoms with Crippen molar-refractivity contribution in [2.75, 3.05) is 7.11 Å². The molecule has 6 nitrogen and oxygen atoms in total. The number of hydrogen-bond donors (Lipinski definition) is 3. The van der Waals surface area contributed by atoms with Gasteiger partial charge < -0.3 is 20.3 Å². The topological polar surface area (TPSA) is 95.9 Å². The molecule has 1 saturated carbocycles. The van der Waals surface area contributed by atoms with Crippen molar-refractivity contribution in [2.45, 2.75) is 50.4 Å². The first-order chi connectivity index (χ1) is 7.90. The molecule has 0 spiro atoms. The molecule has 6 heteroatoms. The van der Waals surface area contributed by atoms with Gasteiger partial charge in [0.15, 0.2) is 6.04 Å². The van der Waals surface area contributed by atoms with Gasteiger partial charge in [-0.15, -0.1) is 0 Å². The number of aliphatic hydroxyl groups is 1. The smallest absolute Gasteiger partial charge is 0.328 e. The van der Waals surface area contributed by atoms with Gasteiger partial charge in [-0.25, -0.2) is 4.79 Å². The van der Waals surface area contributed by atoms with Crippen LogP contribution in [0, 0.1) is 0 Å². The molecule has 1 fully saturated rings. The number of carbonyl (C=O) groups is 2. The number of hydrogen-bond acceptors (Lipinski definition) is 4. The number of methoxy groups -OCH3 is 1. The molecule has 0 saturated heterocycles. The van der Waals surface area contributed by atoms with Crippen LogP contribution in [0.25, 0.3) is 0 Å². The number of aliphatic carboxylic acids is 1. The Morgan fingerprint density at radius 2 is 2.06 bits per heavy atom. The minimum absolute atomic E-state index is 0.139. The average Bonchev–Trinajstić information content (AvgIpc) is 2.19. The second-order valence-corrected chi connectivity index (χ2v) is 4.54. The number of carbonyl (C=O) groups excluding carboxylic acids is 1. The lowest BCUT2D eigenvalue weighted by molar-refractivity contribution is -0.147. The molecule has 0 aromatic carbocycles. The highest BCUT2D eigenvalue weighted by molar-refractivity contribution is 5.84. The Morgan fingerprint density at radius 3 is 2.35 bits per heavy atom. The van der Waals surface area contributed by atoms with Crippen molar-refractivity contribution in [3.8, 4) is 0 Å². The van der Waals surface area contributed by atoms with Gasteiger partial charge in [0.05, 0.1) is 18.1 Å². The van der Waals surface area contributed by atoms with E-state index < -0.39 is 29.6 Å². The first kappa shape index (κ1) is 13.9. The number of nitrogens with one attached hydrogen (secondary N) is 1. The number of ether oxygens (including phenoxy) is 1. The molecular formula is C11H19NO5. The lowest BCUT2D eigenvalue weighted by Gasteiger charge is -2.40. The predicted molar refractivity (Wildman–Crippen MR) is 59.5 cm³/mol. The summed E-state index contributed by atoms with van der Waals surface area (Å²) < 4.78 is 5.28. The summed E-state index contributed by atoms with van der Waals surface area (Å²) in [6.07, 6.45) is 1.64. The second kappa shape index (κ2) is 5.46. The van der Waals surface area contributed by atoms with Crippen LogP contribution in [-0.4, -0.2) is 46.9 Å². The van der Waals surface area contributed by atoms with Gasteiger partial charge in [-0.2, -0.15) is 0 Å². The molecule has 98 valence electrons. The van der Waals surface area contributed by atoms with E-state index in [0.717, 1.165) is 19.3 Å². The van der Waals surface area contributed by atoms with Crippen LogP contribution in [0.1, 0.15) is 32.6 Å². The third kappa shape index (κ3) is 3.41. The maximum absolute atomic E-state index is 11.7. The Balaban J connectivity index is 2.50. The van der Waals surface area contributed by atoms with Crippen LogP contribution in [0.2, 0.25) is 0 Å². The Morgan fingerprint density at radius 1 is 1.47 bits per heavy atom. The van der Waals surface area contributed by atoms with Crippen molar-refractivity contribution in [3.63, 3.8) is 0 Å². The van der Waals surface area contributed by atoms with Crippen LogP contribution in [0.3, 0.4) is 0 Å². The van der Waals surface area contributed by atoms with E-state index >= 15 is 0 Å². The van der Waals surface area contributed by atoms with Crippen molar-refractivity contribution < 1.29 is 24.5 Å². The first-order valence-electron chi connectivity index (χ1n) is 5.65.